The number of esters is 1. The summed E-state index contributed by atoms with van der Waals surface area (Å²) in [4.78, 5) is 33.6. The Kier molecular flexibility index (Phi) is 9.67. The Bertz CT molecular complexity index is 2160. The molecular weight excluding hydrogens is 715 g/mol. The van der Waals surface area contributed by atoms with Crippen LogP contribution in [0.15, 0.2) is 47.5 Å². The molecule has 2 aliphatic rings. The Morgan fingerprint density at radius 3 is 2.47 bits per heavy atom. The van der Waals surface area contributed by atoms with Gasteiger partial charge in [0, 0.05) is 48.2 Å². The van der Waals surface area contributed by atoms with E-state index in [1.54, 1.807) is 25.7 Å². The third-order valence-electron chi connectivity index (χ3n) is 8.11. The minimum Gasteiger partial charge on any atom is -0.487 e. The van der Waals surface area contributed by atoms with Crippen LogP contribution in [0.3, 0.4) is 0 Å². The van der Waals surface area contributed by atoms with Crippen molar-refractivity contribution in [1.82, 2.24) is 14.9 Å². The largest absolute Gasteiger partial charge is 0.487 e. The van der Waals surface area contributed by atoms with Gasteiger partial charge in [-0.05, 0) is 75.6 Å². The summed E-state index contributed by atoms with van der Waals surface area (Å²) in [7, 11) is -4.61. The number of benzene rings is 3. The molecule has 3 aromatic carbocycles. The van der Waals surface area contributed by atoms with Gasteiger partial charge >= 0.3 is 12.1 Å². The molecule has 1 fully saturated rings. The summed E-state index contributed by atoms with van der Waals surface area (Å²) >= 11 is 6.17. The summed E-state index contributed by atoms with van der Waals surface area (Å²) in [5, 5.41) is 3.27. The maximum absolute atomic E-state index is 16.0. The molecule has 6 rings (SSSR count). The molecule has 1 saturated heterocycles. The first-order chi connectivity index (χ1) is 24.0. The molecule has 4 aromatic rings. The van der Waals surface area contributed by atoms with Crippen LogP contribution in [0.25, 0.3) is 22.0 Å². The Hall–Kier alpha value is -4.83. The maximum Gasteiger partial charge on any atom is 0.410 e. The van der Waals surface area contributed by atoms with Crippen molar-refractivity contribution in [2.24, 2.45) is 0 Å². The molecule has 2 N–H and O–H groups in total. The zero-order valence-electron chi connectivity index (χ0n) is 27.9. The van der Waals surface area contributed by atoms with Crippen LogP contribution in [0.4, 0.5) is 29.6 Å². The smallest absolute Gasteiger partial charge is 0.410 e. The topological polar surface area (TPSA) is 149 Å². The second kappa shape index (κ2) is 13.7. The van der Waals surface area contributed by atoms with Crippen molar-refractivity contribution in [2.45, 2.75) is 63.2 Å². The van der Waals surface area contributed by atoms with Crippen LogP contribution in [0.5, 0.6) is 5.75 Å². The molecule has 1 atom stereocenters. The monoisotopic (exact) mass is 747 g/mol. The Balaban J connectivity index is 1.22. The fourth-order valence-electron chi connectivity index (χ4n) is 5.86. The highest BCUT2D eigenvalue weighted by Gasteiger charge is 2.35. The van der Waals surface area contributed by atoms with E-state index in [9.17, 15) is 18.0 Å². The Labute approximate surface area is 296 Å². The van der Waals surface area contributed by atoms with Crippen LogP contribution < -0.4 is 14.8 Å². The number of carbonyl (C=O) groups is 2. The third kappa shape index (κ3) is 7.76. The molecule has 0 aliphatic carbocycles. The second-order valence-electron chi connectivity index (χ2n) is 13.1. The van der Waals surface area contributed by atoms with Gasteiger partial charge in [-0.1, -0.05) is 11.6 Å². The average molecular weight is 748 g/mol. The van der Waals surface area contributed by atoms with Crippen molar-refractivity contribution >= 4 is 56.2 Å². The first-order valence-electron chi connectivity index (χ1n) is 15.8. The number of nitrogens with zero attached hydrogens (tertiary/aromatic N) is 3. The summed E-state index contributed by atoms with van der Waals surface area (Å²) < 4.78 is 91.9. The van der Waals surface area contributed by atoms with E-state index in [0.717, 1.165) is 24.3 Å². The molecular formula is C34H33ClF3N5O7S. The zero-order valence-corrected chi connectivity index (χ0v) is 29.4. The SMILES string of the molecule is CC(=O)O[C@H]1COc2c1cc(Cl)cc2S(=O)(=O)Nc1ccc(F)c(-c2cc(F)c3nc(NC4CCN(C(=O)OC(C)(C)C)CC4)ncc3c2)c1F. The van der Waals surface area contributed by atoms with Crippen molar-refractivity contribution < 1.29 is 45.4 Å². The number of rotatable bonds is 7. The number of carbonyl (C=O) groups excluding carboxylic acids is 2. The summed E-state index contributed by atoms with van der Waals surface area (Å²) in [5.41, 5.74) is -2.08. The van der Waals surface area contributed by atoms with E-state index in [4.69, 9.17) is 25.8 Å². The lowest BCUT2D eigenvalue weighted by Gasteiger charge is -2.33. The Morgan fingerprint density at radius 1 is 1.06 bits per heavy atom. The van der Waals surface area contributed by atoms with Crippen LogP contribution >= 0.6 is 11.6 Å². The van der Waals surface area contributed by atoms with Crippen molar-refractivity contribution in [3.8, 4) is 16.9 Å². The first kappa shape index (κ1) is 36.0. The van der Waals surface area contributed by atoms with E-state index in [1.165, 1.54) is 25.3 Å². The number of nitrogens with one attached hydrogen (secondary N) is 2. The number of piperidine rings is 1. The summed E-state index contributed by atoms with van der Waals surface area (Å²) in [6, 6.07) is 6.27. The molecule has 0 saturated carbocycles. The number of hydrogen-bond donors (Lipinski definition) is 2. The van der Waals surface area contributed by atoms with Gasteiger partial charge < -0.3 is 24.4 Å². The standard InChI is InChI=1S/C34H33ClF3N5O7S/c1-17(44)49-26-16-48-31-22(26)13-20(35)14-27(31)51(46,47)42-25-6-5-23(36)28(29(25)38)18-11-19-15-39-32(41-30(19)24(37)12-18)40-21-7-9-43(10-8-21)33(45)50-34(2,3)4/h5-6,11-15,21,26,42H,7-10,16H2,1-4H3,(H,39,40,41)/t26-/m0/s1. The van der Waals surface area contributed by atoms with E-state index >= 15 is 13.2 Å². The number of aromatic nitrogens is 2. The fraction of sp³-hybridized carbons (Fsp3) is 0.353. The highest BCUT2D eigenvalue weighted by Crippen LogP contribution is 2.43. The molecule has 3 heterocycles. The van der Waals surface area contributed by atoms with Gasteiger partial charge in [0.25, 0.3) is 10.0 Å². The number of halogens is 4. The van der Waals surface area contributed by atoms with Crippen molar-refractivity contribution in [3.63, 3.8) is 0 Å². The molecule has 17 heteroatoms. The predicted octanol–water partition coefficient (Wildman–Crippen LogP) is 6.98. The van der Waals surface area contributed by atoms with Crippen LogP contribution in [-0.2, 0) is 24.3 Å². The number of likely N-dealkylation sites (tertiary alicyclic amines) is 1. The Morgan fingerprint density at radius 2 is 1.78 bits per heavy atom. The van der Waals surface area contributed by atoms with Crippen LogP contribution in [0.1, 0.15) is 52.2 Å². The van der Waals surface area contributed by atoms with Crippen molar-refractivity contribution in [1.29, 1.82) is 0 Å². The number of amides is 1. The number of hydrogen-bond acceptors (Lipinski definition) is 10. The van der Waals surface area contributed by atoms with Crippen LogP contribution in [-0.4, -0.2) is 66.7 Å². The van der Waals surface area contributed by atoms with E-state index in [1.807, 2.05) is 0 Å². The maximum atomic E-state index is 16.0. The van der Waals surface area contributed by atoms with E-state index in [2.05, 4.69) is 20.0 Å². The molecule has 0 unspecified atom stereocenters. The highest BCUT2D eigenvalue weighted by atomic mass is 35.5. The molecule has 1 aromatic heterocycles. The van der Waals surface area contributed by atoms with Gasteiger partial charge in [-0.2, -0.15) is 0 Å². The van der Waals surface area contributed by atoms with Gasteiger partial charge in [-0.15, -0.1) is 0 Å². The van der Waals surface area contributed by atoms with Crippen molar-refractivity contribution in [2.75, 3.05) is 29.7 Å². The predicted molar refractivity (Wildman–Crippen MR) is 182 cm³/mol. The van der Waals surface area contributed by atoms with E-state index in [-0.39, 0.29) is 51.4 Å². The lowest BCUT2D eigenvalue weighted by atomic mass is 10.0. The minimum atomic E-state index is -4.61. The lowest BCUT2D eigenvalue weighted by Crippen LogP contribution is -2.44. The molecule has 51 heavy (non-hydrogen) atoms. The number of sulfonamides is 1. The first-order valence-corrected chi connectivity index (χ1v) is 17.7. The van der Waals surface area contributed by atoms with Crippen LogP contribution in [0.2, 0.25) is 5.02 Å². The molecule has 2 aliphatic heterocycles. The van der Waals surface area contributed by atoms with Gasteiger partial charge in [-0.25, -0.2) is 36.4 Å². The normalized spacial score (nSPS) is 16.4. The molecule has 1 amide bonds. The highest BCUT2D eigenvalue weighted by molar-refractivity contribution is 7.92. The molecule has 12 nitrogen and oxygen atoms in total. The number of ether oxygens (including phenoxy) is 3. The average Bonchev–Trinajstić information content (AvgIpc) is 3.43. The van der Waals surface area contributed by atoms with Gasteiger partial charge in [0.1, 0.15) is 40.0 Å². The number of fused-ring (bicyclic) bond motifs is 2. The van der Waals surface area contributed by atoms with E-state index < -0.39 is 67.4 Å². The summed E-state index contributed by atoms with van der Waals surface area (Å²) in [6.07, 6.45) is 1.14. The molecule has 0 bridgehead atoms. The number of anilines is 2. The lowest BCUT2D eigenvalue weighted by molar-refractivity contribution is -0.147. The van der Waals surface area contributed by atoms with Gasteiger partial charge in [0.2, 0.25) is 5.95 Å². The van der Waals surface area contributed by atoms with Gasteiger partial charge in [-0.3, -0.25) is 9.52 Å². The molecule has 0 radical (unpaired) electrons. The minimum absolute atomic E-state index is 0.0205. The second-order valence-corrected chi connectivity index (χ2v) is 15.2. The quantitative estimate of drug-likeness (QED) is 0.190. The van der Waals surface area contributed by atoms with Crippen LogP contribution in [0, 0.1) is 17.5 Å². The van der Waals surface area contributed by atoms with Gasteiger partial charge in [0.05, 0.1) is 11.3 Å². The summed E-state index contributed by atoms with van der Waals surface area (Å²) in [5.74, 6) is -3.92. The zero-order chi connectivity index (χ0) is 36.8. The fourth-order valence-corrected chi connectivity index (χ4v) is 7.41. The molecule has 270 valence electrons. The molecule has 0 spiro atoms. The van der Waals surface area contributed by atoms with Gasteiger partial charge in [0.15, 0.2) is 11.9 Å². The summed E-state index contributed by atoms with van der Waals surface area (Å²) in [6.45, 7) is 7.27. The van der Waals surface area contributed by atoms with E-state index in [0.29, 0.717) is 25.9 Å². The van der Waals surface area contributed by atoms with Crippen molar-refractivity contribution in [3.05, 3.63) is 70.6 Å². The third-order valence-corrected chi connectivity index (χ3v) is 9.70.